The van der Waals surface area contributed by atoms with Crippen LogP contribution in [0.2, 0.25) is 0 Å². The third-order valence-electron chi connectivity index (χ3n) is 6.53. The molecule has 0 atom stereocenters. The molecule has 6 nitrogen and oxygen atoms in total. The first-order valence-electron chi connectivity index (χ1n) is 13.0. The Hall–Kier alpha value is -2.12. The molecule has 0 unspecified atom stereocenters. The van der Waals surface area contributed by atoms with Gasteiger partial charge in [-0.1, -0.05) is 36.4 Å². The summed E-state index contributed by atoms with van der Waals surface area (Å²) < 4.78 is 11.3. The van der Waals surface area contributed by atoms with Crippen molar-refractivity contribution >= 4 is 0 Å². The Morgan fingerprint density at radius 3 is 1.29 bits per heavy atom. The van der Waals surface area contributed by atoms with Gasteiger partial charge in [0.2, 0.25) is 0 Å². The monoisotopic (exact) mass is 468 g/mol. The quantitative estimate of drug-likeness (QED) is 0.517. The number of nitrogens with two attached hydrogens (primary N) is 2. The van der Waals surface area contributed by atoms with E-state index in [2.05, 4.69) is 9.80 Å². The average molecular weight is 469 g/mol. The summed E-state index contributed by atoms with van der Waals surface area (Å²) in [5, 5.41) is 0. The Balaban J connectivity index is 0.000000191. The van der Waals surface area contributed by atoms with E-state index in [0.717, 1.165) is 103 Å². The molecule has 2 aliphatic rings. The summed E-state index contributed by atoms with van der Waals surface area (Å²) in [6, 6.07) is 20.9. The number of hydrogen-bond acceptors (Lipinski definition) is 6. The maximum absolute atomic E-state index is 5.88. The second-order valence-corrected chi connectivity index (χ2v) is 9.39. The van der Waals surface area contributed by atoms with Crippen LogP contribution in [0, 0.1) is 0 Å². The van der Waals surface area contributed by atoms with E-state index in [-0.39, 0.29) is 0 Å². The van der Waals surface area contributed by atoms with E-state index in [1.807, 2.05) is 60.7 Å². The molecule has 4 rings (SSSR count). The van der Waals surface area contributed by atoms with Gasteiger partial charge in [0.05, 0.1) is 13.2 Å². The van der Waals surface area contributed by atoms with Crippen molar-refractivity contribution in [2.45, 2.75) is 50.6 Å². The second-order valence-electron chi connectivity index (χ2n) is 9.39. The average Bonchev–Trinajstić information content (AvgIpc) is 2.88. The largest absolute Gasteiger partial charge is 0.494 e. The van der Waals surface area contributed by atoms with Crippen molar-refractivity contribution in [1.29, 1.82) is 0 Å². The molecule has 2 heterocycles. The fraction of sp³-hybridized carbons (Fsp3) is 0.571. The third-order valence-corrected chi connectivity index (χ3v) is 6.53. The minimum absolute atomic E-state index is 0.423. The van der Waals surface area contributed by atoms with Crippen molar-refractivity contribution in [3.63, 3.8) is 0 Å². The van der Waals surface area contributed by atoms with Crippen LogP contribution in [-0.2, 0) is 0 Å². The molecule has 6 heteroatoms. The predicted octanol–water partition coefficient (Wildman–Crippen LogP) is 3.76. The van der Waals surface area contributed by atoms with Crippen LogP contribution in [0.5, 0.6) is 11.5 Å². The van der Waals surface area contributed by atoms with E-state index in [1.165, 1.54) is 0 Å². The first kappa shape index (κ1) is 26.5. The maximum Gasteiger partial charge on any atom is 0.119 e. The van der Waals surface area contributed by atoms with Gasteiger partial charge in [-0.15, -0.1) is 0 Å². The van der Waals surface area contributed by atoms with Gasteiger partial charge in [0.25, 0.3) is 0 Å². The number of ether oxygens (including phenoxy) is 2. The second kappa shape index (κ2) is 15.7. The van der Waals surface area contributed by atoms with E-state index in [0.29, 0.717) is 12.1 Å². The van der Waals surface area contributed by atoms with Crippen LogP contribution in [0.3, 0.4) is 0 Å². The minimum atomic E-state index is 0.423. The van der Waals surface area contributed by atoms with E-state index in [9.17, 15) is 0 Å². The van der Waals surface area contributed by atoms with Crippen LogP contribution in [0.25, 0.3) is 0 Å². The van der Waals surface area contributed by atoms with Crippen molar-refractivity contribution < 1.29 is 9.47 Å². The molecule has 4 N–H and O–H groups in total. The maximum atomic E-state index is 5.88. The van der Waals surface area contributed by atoms with Gasteiger partial charge < -0.3 is 30.7 Å². The lowest BCUT2D eigenvalue weighted by Gasteiger charge is -2.29. The van der Waals surface area contributed by atoms with Crippen molar-refractivity contribution in [3.8, 4) is 11.5 Å². The predicted molar refractivity (Wildman–Crippen MR) is 140 cm³/mol. The molecule has 2 aromatic rings. The molecule has 34 heavy (non-hydrogen) atoms. The Kier molecular flexibility index (Phi) is 12.2. The number of piperidine rings is 2. The zero-order valence-electron chi connectivity index (χ0n) is 20.7. The molecule has 188 valence electrons. The molecule has 0 aliphatic carbocycles. The zero-order chi connectivity index (χ0) is 23.8. The molecule has 0 bridgehead atoms. The first-order chi connectivity index (χ1) is 16.7. The van der Waals surface area contributed by atoms with Crippen LogP contribution in [0.15, 0.2) is 60.7 Å². The Labute approximate surface area is 206 Å². The molecule has 0 spiro atoms. The van der Waals surface area contributed by atoms with Gasteiger partial charge >= 0.3 is 0 Å². The summed E-state index contributed by atoms with van der Waals surface area (Å²) in [6.45, 7) is 8.43. The standard InChI is InChI=1S/2C14H22N2O/c2*15-13-7-10-16(11-8-13)9-4-12-17-14-5-2-1-3-6-14/h2*1-3,5-6,13H,4,7-12,15H2. The van der Waals surface area contributed by atoms with Gasteiger partial charge in [-0.3, -0.25) is 0 Å². The van der Waals surface area contributed by atoms with E-state index < -0.39 is 0 Å². The fourth-order valence-corrected chi connectivity index (χ4v) is 4.34. The van der Waals surface area contributed by atoms with Crippen LogP contribution in [0.1, 0.15) is 38.5 Å². The summed E-state index contributed by atoms with van der Waals surface area (Å²) in [6.07, 6.45) is 6.73. The molecule has 0 amide bonds. The molecule has 2 fully saturated rings. The SMILES string of the molecule is NC1CCN(CCCOc2ccccc2)CC1.NC1CCN(CCCOc2ccccc2)CC1. The van der Waals surface area contributed by atoms with Gasteiger partial charge in [-0.2, -0.15) is 0 Å². The molecular weight excluding hydrogens is 424 g/mol. The smallest absolute Gasteiger partial charge is 0.119 e. The molecule has 2 saturated heterocycles. The lowest BCUT2D eigenvalue weighted by atomic mass is 10.1. The van der Waals surface area contributed by atoms with Gasteiger partial charge in [-0.05, 0) is 89.0 Å². The van der Waals surface area contributed by atoms with E-state index >= 15 is 0 Å². The highest BCUT2D eigenvalue weighted by Gasteiger charge is 2.16. The van der Waals surface area contributed by atoms with Crippen molar-refractivity contribution in [1.82, 2.24) is 9.80 Å². The summed E-state index contributed by atoms with van der Waals surface area (Å²) in [5.74, 6) is 1.93. The highest BCUT2D eigenvalue weighted by atomic mass is 16.5. The van der Waals surface area contributed by atoms with Gasteiger partial charge in [-0.25, -0.2) is 0 Å². The zero-order valence-corrected chi connectivity index (χ0v) is 20.7. The van der Waals surface area contributed by atoms with Crippen molar-refractivity contribution in [2.75, 3.05) is 52.5 Å². The fourth-order valence-electron chi connectivity index (χ4n) is 4.34. The number of hydrogen-bond donors (Lipinski definition) is 2. The molecular formula is C28H44N4O2. The Morgan fingerprint density at radius 1 is 0.588 bits per heavy atom. The highest BCUT2D eigenvalue weighted by molar-refractivity contribution is 5.21. The molecule has 0 radical (unpaired) electrons. The highest BCUT2D eigenvalue weighted by Crippen LogP contribution is 2.12. The normalized spacial score (nSPS) is 18.2. The van der Waals surface area contributed by atoms with Crippen molar-refractivity contribution in [2.24, 2.45) is 11.5 Å². The summed E-state index contributed by atoms with van der Waals surface area (Å²) in [7, 11) is 0. The van der Waals surface area contributed by atoms with Crippen LogP contribution in [0.4, 0.5) is 0 Å². The lowest BCUT2D eigenvalue weighted by Crippen LogP contribution is -2.40. The number of benzene rings is 2. The minimum Gasteiger partial charge on any atom is -0.494 e. The summed E-state index contributed by atoms with van der Waals surface area (Å²) in [4.78, 5) is 4.97. The topological polar surface area (TPSA) is 77.0 Å². The summed E-state index contributed by atoms with van der Waals surface area (Å²) >= 11 is 0. The molecule has 2 aromatic carbocycles. The van der Waals surface area contributed by atoms with Crippen LogP contribution < -0.4 is 20.9 Å². The lowest BCUT2D eigenvalue weighted by molar-refractivity contribution is 0.193. The Morgan fingerprint density at radius 2 is 0.941 bits per heavy atom. The van der Waals surface area contributed by atoms with Crippen molar-refractivity contribution in [3.05, 3.63) is 60.7 Å². The van der Waals surface area contributed by atoms with Crippen LogP contribution >= 0.6 is 0 Å². The van der Waals surface area contributed by atoms with Crippen LogP contribution in [-0.4, -0.2) is 74.4 Å². The number of likely N-dealkylation sites (tertiary alicyclic amines) is 2. The first-order valence-corrected chi connectivity index (χ1v) is 13.0. The number of rotatable bonds is 10. The molecule has 2 aliphatic heterocycles. The van der Waals surface area contributed by atoms with E-state index in [1.54, 1.807) is 0 Å². The Bertz CT molecular complexity index is 680. The van der Waals surface area contributed by atoms with Gasteiger partial charge in [0.1, 0.15) is 11.5 Å². The van der Waals surface area contributed by atoms with Gasteiger partial charge in [0, 0.05) is 25.2 Å². The number of nitrogens with zero attached hydrogens (tertiary/aromatic N) is 2. The third kappa shape index (κ3) is 10.9. The number of para-hydroxylation sites is 2. The molecule has 0 aromatic heterocycles. The summed E-state index contributed by atoms with van der Waals surface area (Å²) in [5.41, 5.74) is 11.8. The van der Waals surface area contributed by atoms with E-state index in [4.69, 9.17) is 20.9 Å². The van der Waals surface area contributed by atoms with Gasteiger partial charge in [0.15, 0.2) is 0 Å². The molecule has 0 saturated carbocycles.